The molecule has 22 heavy (non-hydrogen) atoms. The Kier molecular flexibility index (Phi) is 2.56. The highest BCUT2D eigenvalue weighted by Gasteiger charge is 2.92. The molecule has 124 valence electrons. The zero-order chi connectivity index (χ0) is 15.8. The maximum absolute atomic E-state index is 7.10. The third-order valence-electron chi connectivity index (χ3n) is 9.63. The normalized spacial score (nSPS) is 67.4. The lowest BCUT2D eigenvalue weighted by atomic mass is 9.49. The minimum Gasteiger partial charge on any atom is -0.370 e. The second-order valence-electron chi connectivity index (χ2n) is 10.5. The minimum absolute atomic E-state index is 0.168. The van der Waals surface area contributed by atoms with E-state index < -0.39 is 0 Å². The van der Waals surface area contributed by atoms with E-state index in [1.165, 1.54) is 38.5 Å². The molecule has 1 spiro atoms. The number of ether oxygens (including phenoxy) is 1. The van der Waals surface area contributed by atoms with Crippen molar-refractivity contribution < 1.29 is 4.74 Å². The number of hydrogen-bond donors (Lipinski definition) is 0. The summed E-state index contributed by atoms with van der Waals surface area (Å²) < 4.78 is 7.85. The van der Waals surface area contributed by atoms with Gasteiger partial charge in [0.25, 0.3) is 0 Å². The Hall–Kier alpha value is 0.690. The molecule has 8 atom stereocenters. The van der Waals surface area contributed by atoms with Crippen LogP contribution in [0.4, 0.5) is 0 Å². The summed E-state index contributed by atoms with van der Waals surface area (Å²) in [6.07, 6.45) is 8.94. The SMILES string of the molecule is C[C@@H]1CCC[C@@]2(C)CC[C@]34O[C@H]5C[C@](C)([C@H](I)C3(C)C)[C@]24[C@H]15. The maximum atomic E-state index is 7.10. The van der Waals surface area contributed by atoms with Crippen molar-refractivity contribution in [2.24, 2.45) is 33.5 Å². The molecule has 5 fully saturated rings. The quantitative estimate of drug-likeness (QED) is 0.370. The van der Waals surface area contributed by atoms with E-state index in [0.29, 0.717) is 27.8 Å². The summed E-state index contributed by atoms with van der Waals surface area (Å²) >= 11 is 2.83. The number of rotatable bonds is 0. The maximum Gasteiger partial charge on any atom is 0.0817 e. The second-order valence-corrected chi connectivity index (χ2v) is 11.7. The molecule has 0 amide bonds. The van der Waals surface area contributed by atoms with Gasteiger partial charge >= 0.3 is 0 Å². The van der Waals surface area contributed by atoms with Gasteiger partial charge in [-0.15, -0.1) is 0 Å². The first kappa shape index (κ1) is 15.0. The first-order valence-corrected chi connectivity index (χ1v) is 10.7. The zero-order valence-corrected chi connectivity index (χ0v) is 17.0. The van der Waals surface area contributed by atoms with Crippen LogP contribution in [-0.2, 0) is 4.74 Å². The summed E-state index contributed by atoms with van der Waals surface area (Å²) in [4.78, 5) is 0. The van der Waals surface area contributed by atoms with Crippen molar-refractivity contribution >= 4 is 22.6 Å². The van der Waals surface area contributed by atoms with Crippen LogP contribution in [0.1, 0.15) is 73.1 Å². The number of alkyl halides is 1. The lowest BCUT2D eigenvalue weighted by Crippen LogP contribution is -2.57. The monoisotopic (exact) mass is 414 g/mol. The molecule has 0 aromatic rings. The van der Waals surface area contributed by atoms with Crippen molar-refractivity contribution in [1.29, 1.82) is 0 Å². The van der Waals surface area contributed by atoms with Crippen LogP contribution >= 0.6 is 22.6 Å². The van der Waals surface area contributed by atoms with Gasteiger partial charge in [-0.25, -0.2) is 0 Å². The van der Waals surface area contributed by atoms with E-state index in [2.05, 4.69) is 57.2 Å². The van der Waals surface area contributed by atoms with E-state index >= 15 is 0 Å². The molecule has 0 aromatic heterocycles. The third kappa shape index (κ3) is 1.07. The smallest absolute Gasteiger partial charge is 0.0817 e. The molecule has 0 aromatic carbocycles. The van der Waals surface area contributed by atoms with Crippen LogP contribution in [0.3, 0.4) is 0 Å². The predicted molar refractivity (Wildman–Crippen MR) is 98.2 cm³/mol. The van der Waals surface area contributed by atoms with Crippen molar-refractivity contribution in [2.75, 3.05) is 0 Å². The van der Waals surface area contributed by atoms with Crippen LogP contribution in [0, 0.1) is 33.5 Å². The van der Waals surface area contributed by atoms with Crippen molar-refractivity contribution in [1.82, 2.24) is 0 Å². The first-order chi connectivity index (χ1) is 10.2. The summed E-state index contributed by atoms with van der Waals surface area (Å²) in [6, 6.07) is 0. The molecule has 4 saturated carbocycles. The molecule has 1 saturated heterocycles. The average Bonchev–Trinajstić information content (AvgIpc) is 2.97. The van der Waals surface area contributed by atoms with Gasteiger partial charge in [0.05, 0.1) is 11.7 Å². The van der Waals surface area contributed by atoms with E-state index in [9.17, 15) is 0 Å². The van der Waals surface area contributed by atoms with E-state index in [1.54, 1.807) is 0 Å². The third-order valence-corrected chi connectivity index (χ3v) is 12.6. The largest absolute Gasteiger partial charge is 0.370 e. The molecular formula is C20H31IO. The Morgan fingerprint density at radius 3 is 2.50 bits per heavy atom. The fraction of sp³-hybridized carbons (Fsp3) is 1.00. The topological polar surface area (TPSA) is 9.23 Å². The summed E-state index contributed by atoms with van der Waals surface area (Å²) in [5, 5.41) is 0. The van der Waals surface area contributed by atoms with Gasteiger partial charge in [0.15, 0.2) is 0 Å². The number of halogens is 1. The molecule has 1 aliphatic heterocycles. The summed E-state index contributed by atoms with van der Waals surface area (Å²) in [5.74, 6) is 1.68. The lowest BCUT2D eigenvalue weighted by molar-refractivity contribution is -0.177. The lowest BCUT2D eigenvalue weighted by Gasteiger charge is -2.55. The molecular weight excluding hydrogens is 383 g/mol. The molecule has 0 radical (unpaired) electrons. The van der Waals surface area contributed by atoms with Gasteiger partial charge in [0, 0.05) is 14.8 Å². The summed E-state index contributed by atoms with van der Waals surface area (Å²) in [6.45, 7) is 13.0. The fourth-order valence-electron chi connectivity index (χ4n) is 9.44. The number of hydrogen-bond acceptors (Lipinski definition) is 1. The van der Waals surface area contributed by atoms with Gasteiger partial charge in [-0.3, -0.25) is 0 Å². The van der Waals surface area contributed by atoms with Gasteiger partial charge in [0.1, 0.15) is 0 Å². The molecule has 5 rings (SSSR count). The highest BCUT2D eigenvalue weighted by atomic mass is 127. The Morgan fingerprint density at radius 1 is 1.05 bits per heavy atom. The van der Waals surface area contributed by atoms with Crippen LogP contribution in [0.15, 0.2) is 0 Å². The van der Waals surface area contributed by atoms with Gasteiger partial charge in [0.2, 0.25) is 0 Å². The first-order valence-electron chi connectivity index (χ1n) is 9.50. The van der Waals surface area contributed by atoms with Crippen LogP contribution in [0.2, 0.25) is 0 Å². The van der Waals surface area contributed by atoms with Gasteiger partial charge < -0.3 is 4.74 Å². The van der Waals surface area contributed by atoms with Crippen molar-refractivity contribution in [3.05, 3.63) is 0 Å². The molecule has 5 aliphatic rings. The zero-order valence-electron chi connectivity index (χ0n) is 14.8. The Morgan fingerprint density at radius 2 is 1.77 bits per heavy atom. The predicted octanol–water partition coefficient (Wildman–Crippen LogP) is 5.60. The van der Waals surface area contributed by atoms with Crippen LogP contribution < -0.4 is 0 Å². The van der Waals surface area contributed by atoms with Crippen molar-refractivity contribution in [2.45, 2.75) is 88.8 Å². The average molecular weight is 414 g/mol. The van der Waals surface area contributed by atoms with Gasteiger partial charge in [-0.05, 0) is 48.3 Å². The molecule has 0 N–H and O–H groups in total. The Bertz CT molecular complexity index is 558. The highest BCUT2D eigenvalue weighted by molar-refractivity contribution is 14.1. The van der Waals surface area contributed by atoms with Crippen LogP contribution in [-0.4, -0.2) is 15.6 Å². The summed E-state index contributed by atoms with van der Waals surface area (Å²) in [5.41, 5.74) is 1.92. The van der Waals surface area contributed by atoms with Crippen molar-refractivity contribution in [3.63, 3.8) is 0 Å². The van der Waals surface area contributed by atoms with Crippen LogP contribution in [0.5, 0.6) is 0 Å². The standard InChI is InChI=1S/C20H31IO/c1-12-7-6-8-17(4)9-10-19-16(2,3)15(21)18(5)11-13(22-19)14(12)20(17,18)19/h12-15H,6-11H2,1-5H3/t12-,13+,14-,15-,17+,18-,19+,20+/m1/s1. The molecule has 0 unspecified atom stereocenters. The molecule has 2 heteroatoms. The fourth-order valence-corrected chi connectivity index (χ4v) is 10.7. The summed E-state index contributed by atoms with van der Waals surface area (Å²) in [7, 11) is 0. The van der Waals surface area contributed by atoms with Crippen molar-refractivity contribution in [3.8, 4) is 0 Å². The van der Waals surface area contributed by atoms with Gasteiger partial charge in [-0.1, -0.05) is 70.1 Å². The molecule has 4 aliphatic carbocycles. The molecule has 1 nitrogen and oxygen atoms in total. The molecule has 2 bridgehead atoms. The highest BCUT2D eigenvalue weighted by Crippen LogP contribution is 2.91. The Balaban J connectivity index is 1.88. The van der Waals surface area contributed by atoms with E-state index in [4.69, 9.17) is 4.74 Å². The Labute approximate surface area is 149 Å². The van der Waals surface area contributed by atoms with E-state index in [0.717, 1.165) is 15.8 Å². The van der Waals surface area contributed by atoms with E-state index in [-0.39, 0.29) is 5.60 Å². The van der Waals surface area contributed by atoms with E-state index in [1.807, 2.05) is 0 Å². The second kappa shape index (κ2) is 3.76. The minimum atomic E-state index is 0.168. The van der Waals surface area contributed by atoms with Crippen LogP contribution in [0.25, 0.3) is 0 Å². The van der Waals surface area contributed by atoms with Gasteiger partial charge in [-0.2, -0.15) is 0 Å². The molecule has 1 heterocycles.